The highest BCUT2D eigenvalue weighted by molar-refractivity contribution is 5.92. The first-order chi connectivity index (χ1) is 9.74. The number of hydrogen-bond acceptors (Lipinski definition) is 6. The van der Waals surface area contributed by atoms with E-state index in [-0.39, 0.29) is 5.56 Å². The van der Waals surface area contributed by atoms with Crippen molar-refractivity contribution in [3.63, 3.8) is 0 Å². The van der Waals surface area contributed by atoms with Crippen molar-refractivity contribution in [1.82, 2.24) is 19.9 Å². The summed E-state index contributed by atoms with van der Waals surface area (Å²) in [7, 11) is 0. The Morgan fingerprint density at radius 2 is 1.90 bits per heavy atom. The van der Waals surface area contributed by atoms with Gasteiger partial charge in [-0.05, 0) is 12.1 Å². The molecule has 2 aromatic heterocycles. The number of carboxylic acids is 1. The molecule has 7 nitrogen and oxygen atoms in total. The molecule has 0 saturated heterocycles. The van der Waals surface area contributed by atoms with Gasteiger partial charge < -0.3 is 10.4 Å². The Balaban J connectivity index is 1.95. The molecular formula is C13H9N5O2. The zero-order chi connectivity index (χ0) is 13.9. The largest absolute Gasteiger partial charge is 0.478 e. The summed E-state index contributed by atoms with van der Waals surface area (Å²) < 4.78 is 0. The maximum absolute atomic E-state index is 10.7. The van der Waals surface area contributed by atoms with E-state index in [0.29, 0.717) is 5.95 Å². The minimum atomic E-state index is -1.06. The minimum Gasteiger partial charge on any atom is -0.478 e. The third kappa shape index (κ3) is 2.24. The van der Waals surface area contributed by atoms with Crippen LogP contribution in [0.5, 0.6) is 0 Å². The highest BCUT2D eigenvalue weighted by Crippen LogP contribution is 2.22. The van der Waals surface area contributed by atoms with Crippen LogP contribution in [-0.4, -0.2) is 31.0 Å². The monoisotopic (exact) mass is 267 g/mol. The van der Waals surface area contributed by atoms with E-state index in [1.807, 2.05) is 18.2 Å². The van der Waals surface area contributed by atoms with Crippen LogP contribution in [0.15, 0.2) is 43.1 Å². The topological polar surface area (TPSA) is 101 Å². The number of nitrogens with one attached hydrogen (secondary N) is 1. The van der Waals surface area contributed by atoms with Gasteiger partial charge in [0.2, 0.25) is 5.95 Å². The first kappa shape index (κ1) is 12.0. The van der Waals surface area contributed by atoms with E-state index in [1.54, 1.807) is 6.20 Å². The molecule has 0 amide bonds. The first-order valence-corrected chi connectivity index (χ1v) is 5.75. The molecule has 0 unspecified atom stereocenters. The molecule has 0 fully saturated rings. The predicted octanol–water partition coefficient (Wildman–Crippen LogP) is 1.86. The van der Waals surface area contributed by atoms with E-state index in [9.17, 15) is 4.79 Å². The zero-order valence-electron chi connectivity index (χ0n) is 10.2. The van der Waals surface area contributed by atoms with Crippen LogP contribution in [0.4, 0.5) is 11.6 Å². The number of anilines is 2. The predicted molar refractivity (Wildman–Crippen MR) is 71.8 cm³/mol. The molecule has 98 valence electrons. The summed E-state index contributed by atoms with van der Waals surface area (Å²) in [5.41, 5.74) is 1.59. The molecule has 0 bridgehead atoms. The summed E-state index contributed by atoms with van der Waals surface area (Å²) >= 11 is 0. The van der Waals surface area contributed by atoms with Crippen molar-refractivity contribution in [2.45, 2.75) is 0 Å². The first-order valence-electron chi connectivity index (χ1n) is 5.75. The number of nitrogens with zero attached hydrogens (tertiary/aromatic N) is 4. The van der Waals surface area contributed by atoms with Gasteiger partial charge in [-0.2, -0.15) is 0 Å². The number of rotatable bonds is 3. The summed E-state index contributed by atoms with van der Waals surface area (Å²) in [5.74, 6) is -0.749. The van der Waals surface area contributed by atoms with Crippen molar-refractivity contribution in [2.24, 2.45) is 0 Å². The van der Waals surface area contributed by atoms with Gasteiger partial charge in [-0.25, -0.2) is 24.7 Å². The summed E-state index contributed by atoms with van der Waals surface area (Å²) in [5, 5.41) is 12.6. The molecule has 0 aliphatic heterocycles. The number of benzene rings is 1. The molecule has 0 aliphatic rings. The number of hydrogen-bond donors (Lipinski definition) is 2. The average molecular weight is 267 g/mol. The SMILES string of the molecule is O=C(O)c1cnc(Nc2cccc3ncncc23)nc1. The average Bonchev–Trinajstić information content (AvgIpc) is 2.48. The Morgan fingerprint density at radius 1 is 1.10 bits per heavy atom. The summed E-state index contributed by atoms with van der Waals surface area (Å²) in [4.78, 5) is 26.8. The molecule has 7 heteroatoms. The van der Waals surface area contributed by atoms with Crippen LogP contribution in [0, 0.1) is 0 Å². The number of aromatic carboxylic acids is 1. The second kappa shape index (κ2) is 4.88. The van der Waals surface area contributed by atoms with Crippen LogP contribution in [0.3, 0.4) is 0 Å². The smallest absolute Gasteiger partial charge is 0.338 e. The fourth-order valence-electron chi connectivity index (χ4n) is 1.74. The van der Waals surface area contributed by atoms with Gasteiger partial charge in [-0.1, -0.05) is 6.07 Å². The molecule has 1 aromatic carbocycles. The lowest BCUT2D eigenvalue weighted by molar-refractivity contribution is 0.0696. The molecule has 2 heterocycles. The van der Waals surface area contributed by atoms with Crippen LogP contribution in [0.25, 0.3) is 10.9 Å². The number of aromatic nitrogens is 4. The van der Waals surface area contributed by atoms with Crippen molar-refractivity contribution in [1.29, 1.82) is 0 Å². The van der Waals surface area contributed by atoms with Crippen LogP contribution in [0.2, 0.25) is 0 Å². The lowest BCUT2D eigenvalue weighted by Crippen LogP contribution is -2.02. The Kier molecular flexibility index (Phi) is 2.92. The maximum atomic E-state index is 10.7. The van der Waals surface area contributed by atoms with E-state index in [1.165, 1.54) is 18.7 Å². The van der Waals surface area contributed by atoms with Crippen molar-refractivity contribution in [3.8, 4) is 0 Å². The normalized spacial score (nSPS) is 10.4. The number of carbonyl (C=O) groups is 1. The quantitative estimate of drug-likeness (QED) is 0.746. The third-order valence-electron chi connectivity index (χ3n) is 2.70. The van der Waals surface area contributed by atoms with Crippen molar-refractivity contribution < 1.29 is 9.90 Å². The Hall–Kier alpha value is -3.09. The van der Waals surface area contributed by atoms with E-state index in [4.69, 9.17) is 5.11 Å². The van der Waals surface area contributed by atoms with Gasteiger partial charge in [0, 0.05) is 24.0 Å². The molecule has 0 atom stereocenters. The van der Waals surface area contributed by atoms with Gasteiger partial charge in [-0.3, -0.25) is 0 Å². The van der Waals surface area contributed by atoms with Crippen molar-refractivity contribution in [3.05, 3.63) is 48.7 Å². The van der Waals surface area contributed by atoms with Crippen molar-refractivity contribution >= 4 is 28.5 Å². The van der Waals surface area contributed by atoms with Gasteiger partial charge in [0.1, 0.15) is 6.33 Å². The van der Waals surface area contributed by atoms with E-state index >= 15 is 0 Å². The Morgan fingerprint density at radius 3 is 2.65 bits per heavy atom. The second-order valence-electron chi connectivity index (χ2n) is 3.99. The molecule has 3 rings (SSSR count). The Labute approximate surface area is 113 Å². The molecule has 3 aromatic rings. The highest BCUT2D eigenvalue weighted by Gasteiger charge is 2.06. The summed E-state index contributed by atoms with van der Waals surface area (Å²) in [6.45, 7) is 0. The standard InChI is InChI=1S/C13H9N5O2/c19-12(20)8-4-15-13(16-5-8)18-11-3-1-2-10-9(11)6-14-7-17-10/h1-7H,(H,19,20)(H,15,16,18). The summed E-state index contributed by atoms with van der Waals surface area (Å²) in [6, 6.07) is 5.57. The van der Waals surface area contributed by atoms with Gasteiger partial charge >= 0.3 is 5.97 Å². The van der Waals surface area contributed by atoms with Gasteiger partial charge in [0.25, 0.3) is 0 Å². The maximum Gasteiger partial charge on any atom is 0.338 e. The van der Waals surface area contributed by atoms with Crippen LogP contribution >= 0.6 is 0 Å². The van der Waals surface area contributed by atoms with E-state index < -0.39 is 5.97 Å². The molecule has 2 N–H and O–H groups in total. The molecular weight excluding hydrogens is 258 g/mol. The van der Waals surface area contributed by atoms with Gasteiger partial charge in [0.15, 0.2) is 0 Å². The molecule has 20 heavy (non-hydrogen) atoms. The molecule has 0 aliphatic carbocycles. The lowest BCUT2D eigenvalue weighted by Gasteiger charge is -2.07. The fourth-order valence-corrected chi connectivity index (χ4v) is 1.74. The second-order valence-corrected chi connectivity index (χ2v) is 3.99. The molecule has 0 saturated carbocycles. The van der Waals surface area contributed by atoms with E-state index in [0.717, 1.165) is 16.6 Å². The van der Waals surface area contributed by atoms with Crippen LogP contribution in [0.1, 0.15) is 10.4 Å². The van der Waals surface area contributed by atoms with Crippen LogP contribution < -0.4 is 5.32 Å². The molecule has 0 spiro atoms. The number of carboxylic acid groups (broad SMARTS) is 1. The lowest BCUT2D eigenvalue weighted by atomic mass is 10.2. The van der Waals surface area contributed by atoms with Crippen molar-refractivity contribution in [2.75, 3.05) is 5.32 Å². The van der Waals surface area contributed by atoms with Gasteiger partial charge in [0.05, 0.1) is 16.8 Å². The van der Waals surface area contributed by atoms with E-state index in [2.05, 4.69) is 25.3 Å². The number of fused-ring (bicyclic) bond motifs is 1. The molecule has 0 radical (unpaired) electrons. The van der Waals surface area contributed by atoms with Crippen LogP contribution in [-0.2, 0) is 0 Å². The minimum absolute atomic E-state index is 0.0387. The third-order valence-corrected chi connectivity index (χ3v) is 2.70. The summed E-state index contributed by atoms with van der Waals surface area (Å²) in [6.07, 6.45) is 5.67. The van der Waals surface area contributed by atoms with Gasteiger partial charge in [-0.15, -0.1) is 0 Å². The Bertz CT molecular complexity index is 768. The fraction of sp³-hybridized carbons (Fsp3) is 0. The highest BCUT2D eigenvalue weighted by atomic mass is 16.4. The zero-order valence-corrected chi connectivity index (χ0v) is 10.2.